The van der Waals surface area contributed by atoms with Crippen molar-refractivity contribution in [2.45, 2.75) is 0 Å². The molecular formula is C9H10NO2. The second-order valence-corrected chi connectivity index (χ2v) is 2.36. The predicted molar refractivity (Wildman–Crippen MR) is 45.6 cm³/mol. The molecule has 2 N–H and O–H groups in total. The Morgan fingerprint density at radius 3 is 2.75 bits per heavy atom. The number of amides is 1. The van der Waals surface area contributed by atoms with Gasteiger partial charge in [0.25, 0.3) is 5.91 Å². The minimum Gasteiger partial charge on any atom is -0.484 e. The van der Waals surface area contributed by atoms with Crippen molar-refractivity contribution in [1.82, 2.24) is 0 Å². The van der Waals surface area contributed by atoms with Gasteiger partial charge in [0.2, 0.25) is 0 Å². The number of hydrogen-bond donors (Lipinski definition) is 1. The summed E-state index contributed by atoms with van der Waals surface area (Å²) in [5.74, 6) is 0.106. The van der Waals surface area contributed by atoms with Gasteiger partial charge in [-0.3, -0.25) is 4.79 Å². The number of nitrogens with two attached hydrogens (primary N) is 1. The Kier molecular flexibility index (Phi) is 2.69. The SMILES string of the molecule is [CH2]c1ccccc1OCC(N)=O. The van der Waals surface area contributed by atoms with E-state index in [0.29, 0.717) is 5.75 Å². The molecule has 1 aromatic rings. The number of rotatable bonds is 3. The molecule has 1 amide bonds. The van der Waals surface area contributed by atoms with Gasteiger partial charge in [0.15, 0.2) is 6.61 Å². The maximum absolute atomic E-state index is 10.4. The van der Waals surface area contributed by atoms with E-state index in [4.69, 9.17) is 10.5 Å². The van der Waals surface area contributed by atoms with E-state index in [-0.39, 0.29) is 6.61 Å². The number of carbonyl (C=O) groups excluding carboxylic acids is 1. The lowest BCUT2D eigenvalue weighted by Crippen LogP contribution is -2.20. The fourth-order valence-electron chi connectivity index (χ4n) is 0.794. The number of carbonyl (C=O) groups is 1. The molecule has 3 heteroatoms. The van der Waals surface area contributed by atoms with E-state index in [1.807, 2.05) is 12.1 Å². The second-order valence-electron chi connectivity index (χ2n) is 2.36. The summed E-state index contributed by atoms with van der Waals surface area (Å²) < 4.78 is 5.06. The Morgan fingerprint density at radius 1 is 1.50 bits per heavy atom. The minimum atomic E-state index is -0.488. The van der Waals surface area contributed by atoms with Gasteiger partial charge in [-0.2, -0.15) is 0 Å². The summed E-state index contributed by atoms with van der Waals surface area (Å²) in [6.45, 7) is 3.62. The molecule has 1 aromatic carbocycles. The minimum absolute atomic E-state index is 0.105. The predicted octanol–water partition coefficient (Wildman–Crippen LogP) is 0.733. The van der Waals surface area contributed by atoms with E-state index in [9.17, 15) is 4.79 Å². The molecule has 0 heterocycles. The summed E-state index contributed by atoms with van der Waals surface area (Å²) in [7, 11) is 0. The summed E-state index contributed by atoms with van der Waals surface area (Å²) in [4.78, 5) is 10.4. The quantitative estimate of drug-likeness (QED) is 0.716. The number of ether oxygens (including phenoxy) is 1. The first kappa shape index (κ1) is 8.59. The smallest absolute Gasteiger partial charge is 0.255 e. The zero-order valence-electron chi connectivity index (χ0n) is 6.62. The fourth-order valence-corrected chi connectivity index (χ4v) is 0.794. The highest BCUT2D eigenvalue weighted by molar-refractivity contribution is 5.75. The summed E-state index contributed by atoms with van der Waals surface area (Å²) in [5.41, 5.74) is 5.65. The van der Waals surface area contributed by atoms with Crippen molar-refractivity contribution in [1.29, 1.82) is 0 Å². The molecule has 0 atom stereocenters. The van der Waals surface area contributed by atoms with Gasteiger partial charge in [0.1, 0.15) is 5.75 Å². The van der Waals surface area contributed by atoms with Crippen LogP contribution in [0, 0.1) is 6.92 Å². The van der Waals surface area contributed by atoms with Gasteiger partial charge in [-0.25, -0.2) is 0 Å². The lowest BCUT2D eigenvalue weighted by atomic mass is 10.2. The molecule has 0 aliphatic rings. The van der Waals surface area contributed by atoms with E-state index < -0.39 is 5.91 Å². The second kappa shape index (κ2) is 3.76. The molecule has 0 aromatic heterocycles. The van der Waals surface area contributed by atoms with Crippen LogP contribution in [-0.4, -0.2) is 12.5 Å². The van der Waals surface area contributed by atoms with Gasteiger partial charge in [0, 0.05) is 0 Å². The first-order chi connectivity index (χ1) is 5.70. The van der Waals surface area contributed by atoms with Gasteiger partial charge >= 0.3 is 0 Å². The molecule has 12 heavy (non-hydrogen) atoms. The third-order valence-electron chi connectivity index (χ3n) is 1.34. The van der Waals surface area contributed by atoms with Crippen LogP contribution in [-0.2, 0) is 4.79 Å². The van der Waals surface area contributed by atoms with Crippen molar-refractivity contribution >= 4 is 5.91 Å². The van der Waals surface area contributed by atoms with Crippen LogP contribution in [0.3, 0.4) is 0 Å². The van der Waals surface area contributed by atoms with Crippen LogP contribution < -0.4 is 10.5 Å². The van der Waals surface area contributed by atoms with Crippen LogP contribution >= 0.6 is 0 Å². The highest BCUT2D eigenvalue weighted by Crippen LogP contribution is 2.15. The monoisotopic (exact) mass is 164 g/mol. The maximum Gasteiger partial charge on any atom is 0.255 e. The van der Waals surface area contributed by atoms with Gasteiger partial charge in [-0.1, -0.05) is 18.2 Å². The third kappa shape index (κ3) is 2.27. The van der Waals surface area contributed by atoms with Crippen LogP contribution in [0.1, 0.15) is 5.56 Å². The van der Waals surface area contributed by atoms with Gasteiger partial charge in [-0.05, 0) is 18.6 Å². The Balaban J connectivity index is 2.63. The molecule has 0 aliphatic carbocycles. The molecule has 0 bridgehead atoms. The number of benzene rings is 1. The maximum atomic E-state index is 10.4. The summed E-state index contributed by atoms with van der Waals surface area (Å²) in [5, 5.41) is 0. The highest BCUT2D eigenvalue weighted by Gasteiger charge is 1.99. The molecule has 0 spiro atoms. The summed E-state index contributed by atoms with van der Waals surface area (Å²) >= 11 is 0. The highest BCUT2D eigenvalue weighted by atomic mass is 16.5. The van der Waals surface area contributed by atoms with Crippen molar-refractivity contribution in [3.63, 3.8) is 0 Å². The lowest BCUT2D eigenvalue weighted by molar-refractivity contribution is -0.119. The van der Waals surface area contributed by atoms with Gasteiger partial charge in [-0.15, -0.1) is 0 Å². The van der Waals surface area contributed by atoms with Crippen LogP contribution in [0.15, 0.2) is 24.3 Å². The Hall–Kier alpha value is -1.51. The van der Waals surface area contributed by atoms with E-state index >= 15 is 0 Å². The van der Waals surface area contributed by atoms with Crippen molar-refractivity contribution < 1.29 is 9.53 Å². The Morgan fingerprint density at radius 2 is 2.17 bits per heavy atom. The summed E-state index contributed by atoms with van der Waals surface area (Å²) in [6, 6.07) is 7.20. The fraction of sp³-hybridized carbons (Fsp3) is 0.111. The normalized spacial score (nSPS) is 9.42. The average molecular weight is 164 g/mol. The van der Waals surface area contributed by atoms with Crippen LogP contribution in [0.2, 0.25) is 0 Å². The molecule has 0 saturated heterocycles. The van der Waals surface area contributed by atoms with Crippen molar-refractivity contribution in [3.05, 3.63) is 36.8 Å². The first-order valence-electron chi connectivity index (χ1n) is 3.52. The molecule has 3 nitrogen and oxygen atoms in total. The molecule has 63 valence electrons. The first-order valence-corrected chi connectivity index (χ1v) is 3.52. The third-order valence-corrected chi connectivity index (χ3v) is 1.34. The Labute approximate surface area is 71.1 Å². The molecule has 0 unspecified atom stereocenters. The van der Waals surface area contributed by atoms with Crippen LogP contribution in [0.5, 0.6) is 5.75 Å². The summed E-state index contributed by atoms with van der Waals surface area (Å²) in [6.07, 6.45) is 0. The number of para-hydroxylation sites is 1. The van der Waals surface area contributed by atoms with Gasteiger partial charge in [0.05, 0.1) is 0 Å². The molecular weight excluding hydrogens is 154 g/mol. The Bertz CT molecular complexity index is 284. The van der Waals surface area contributed by atoms with Crippen LogP contribution in [0.4, 0.5) is 0 Å². The van der Waals surface area contributed by atoms with E-state index in [1.54, 1.807) is 12.1 Å². The standard InChI is InChI=1S/C9H10NO2/c1-7-4-2-3-5-8(7)12-6-9(10)11/h2-5H,1,6H2,(H2,10,11). The topological polar surface area (TPSA) is 52.3 Å². The van der Waals surface area contributed by atoms with E-state index in [1.165, 1.54) is 0 Å². The van der Waals surface area contributed by atoms with Crippen LogP contribution in [0.25, 0.3) is 0 Å². The largest absolute Gasteiger partial charge is 0.484 e. The van der Waals surface area contributed by atoms with E-state index in [2.05, 4.69) is 6.92 Å². The van der Waals surface area contributed by atoms with Gasteiger partial charge < -0.3 is 10.5 Å². The number of hydrogen-bond acceptors (Lipinski definition) is 2. The lowest BCUT2D eigenvalue weighted by Gasteiger charge is -2.05. The zero-order chi connectivity index (χ0) is 8.97. The number of primary amides is 1. The molecule has 0 fully saturated rings. The van der Waals surface area contributed by atoms with E-state index in [0.717, 1.165) is 5.56 Å². The van der Waals surface area contributed by atoms with Crippen molar-refractivity contribution in [2.24, 2.45) is 5.73 Å². The molecule has 1 rings (SSSR count). The molecule has 1 radical (unpaired) electrons. The van der Waals surface area contributed by atoms with Crippen molar-refractivity contribution in [3.8, 4) is 5.75 Å². The average Bonchev–Trinajstić information content (AvgIpc) is 2.03. The van der Waals surface area contributed by atoms with Crippen molar-refractivity contribution in [2.75, 3.05) is 6.61 Å². The zero-order valence-corrected chi connectivity index (χ0v) is 6.62. The molecule has 0 aliphatic heterocycles. The molecule has 0 saturated carbocycles.